The maximum absolute atomic E-state index is 11.3. The Labute approximate surface area is 194 Å². The van der Waals surface area contributed by atoms with Gasteiger partial charge in [-0.1, -0.05) is 50.8 Å². The van der Waals surface area contributed by atoms with Gasteiger partial charge in [0.2, 0.25) is 0 Å². The normalized spacial score (nSPS) is 11.9. The van der Waals surface area contributed by atoms with Crippen LogP contribution in [0.3, 0.4) is 0 Å². The van der Waals surface area contributed by atoms with Crippen LogP contribution in [0.2, 0.25) is 0 Å². The van der Waals surface area contributed by atoms with Crippen LogP contribution in [0.15, 0.2) is 54.6 Å². The molecule has 0 spiro atoms. The first-order valence-corrected chi connectivity index (χ1v) is 10.6. The maximum Gasteiger partial charge on any atom is 0.404 e. The molecular formula is C27H29N3O3. The molecule has 3 aromatic carbocycles. The molecule has 0 aromatic heterocycles. The first-order chi connectivity index (χ1) is 15.6. The Hall–Kier alpha value is -3.98. The number of amidine groups is 1. The number of rotatable bonds is 5. The van der Waals surface area contributed by atoms with Crippen LogP contribution in [-0.2, 0) is 6.42 Å². The van der Waals surface area contributed by atoms with Crippen molar-refractivity contribution in [1.82, 2.24) is 5.32 Å². The van der Waals surface area contributed by atoms with Crippen molar-refractivity contribution in [3.63, 3.8) is 0 Å². The van der Waals surface area contributed by atoms with Gasteiger partial charge in [0.1, 0.15) is 11.6 Å². The highest BCUT2D eigenvalue weighted by Crippen LogP contribution is 2.28. The van der Waals surface area contributed by atoms with Crippen LogP contribution in [0.4, 0.5) is 4.79 Å². The summed E-state index contributed by atoms with van der Waals surface area (Å²) >= 11 is 0. The maximum atomic E-state index is 11.3. The van der Waals surface area contributed by atoms with E-state index in [1.807, 2.05) is 75.4 Å². The molecule has 3 aromatic rings. The molecule has 1 amide bonds. The molecule has 0 saturated heterocycles. The Bertz CT molecular complexity index is 1260. The van der Waals surface area contributed by atoms with Gasteiger partial charge in [0.15, 0.2) is 0 Å². The minimum atomic E-state index is -1.04. The monoisotopic (exact) mass is 443 g/mol. The molecule has 0 fully saturated rings. The highest BCUT2D eigenvalue weighted by molar-refractivity contribution is 5.99. The molecule has 33 heavy (non-hydrogen) atoms. The fraction of sp³-hybridized carbons (Fsp3) is 0.259. The number of carbonyl (C=O) groups is 1. The van der Waals surface area contributed by atoms with E-state index in [9.17, 15) is 9.90 Å². The van der Waals surface area contributed by atoms with Crippen molar-refractivity contribution in [3.8, 4) is 17.6 Å². The summed E-state index contributed by atoms with van der Waals surface area (Å²) in [6.45, 7) is 6.01. The Morgan fingerprint density at radius 3 is 2.27 bits per heavy atom. The highest BCUT2D eigenvalue weighted by atomic mass is 16.5. The number of amides is 1. The van der Waals surface area contributed by atoms with Crippen molar-refractivity contribution in [2.75, 3.05) is 7.11 Å². The molecule has 0 bridgehead atoms. The van der Waals surface area contributed by atoms with Gasteiger partial charge in [-0.15, -0.1) is 0 Å². The van der Waals surface area contributed by atoms with Gasteiger partial charge in [-0.05, 0) is 64.6 Å². The summed E-state index contributed by atoms with van der Waals surface area (Å²) < 4.78 is 5.51. The second-order valence-corrected chi connectivity index (χ2v) is 9.04. The fourth-order valence-corrected chi connectivity index (χ4v) is 3.59. The predicted molar refractivity (Wildman–Crippen MR) is 132 cm³/mol. The van der Waals surface area contributed by atoms with Crippen LogP contribution in [0, 0.1) is 22.7 Å². The average Bonchev–Trinajstić information content (AvgIpc) is 2.76. The molecule has 0 aliphatic heterocycles. The summed E-state index contributed by atoms with van der Waals surface area (Å²) in [5.41, 5.74) is 8.59. The van der Waals surface area contributed by atoms with Crippen LogP contribution >= 0.6 is 0 Å². The van der Waals surface area contributed by atoms with Crippen molar-refractivity contribution in [2.24, 2.45) is 11.1 Å². The van der Waals surface area contributed by atoms with E-state index < -0.39 is 6.09 Å². The Balaban J connectivity index is 1.90. The summed E-state index contributed by atoms with van der Waals surface area (Å²) in [7, 11) is 1.60. The van der Waals surface area contributed by atoms with Crippen molar-refractivity contribution < 1.29 is 14.6 Å². The zero-order chi connectivity index (χ0) is 24.2. The standard InChI is InChI=1S/C27H29N3O3/c1-27(2,3)24(30-26(31)32)16-22-14-18(8-12-23(22)33-4)6-5-17-7-9-20-15-21(25(28)29)11-10-19(20)13-17/h7-15,24,30H,16H2,1-4H3,(H3,28,29)(H,31,32). The number of nitrogens with two attached hydrogens (primary N) is 1. The number of methoxy groups -OCH3 is 1. The Morgan fingerprint density at radius 2 is 1.67 bits per heavy atom. The first kappa shape index (κ1) is 23.7. The van der Waals surface area contributed by atoms with Gasteiger partial charge in [-0.3, -0.25) is 5.41 Å². The molecule has 0 radical (unpaired) electrons. The Morgan fingerprint density at radius 1 is 1.06 bits per heavy atom. The van der Waals surface area contributed by atoms with E-state index in [1.54, 1.807) is 7.11 Å². The van der Waals surface area contributed by atoms with Gasteiger partial charge in [0, 0.05) is 22.7 Å². The average molecular weight is 444 g/mol. The van der Waals surface area contributed by atoms with Gasteiger partial charge < -0.3 is 20.9 Å². The molecule has 0 aliphatic rings. The number of ether oxygens (including phenoxy) is 1. The molecule has 0 saturated carbocycles. The summed E-state index contributed by atoms with van der Waals surface area (Å²) in [4.78, 5) is 11.3. The number of benzene rings is 3. The first-order valence-electron chi connectivity index (χ1n) is 10.6. The van der Waals surface area contributed by atoms with Crippen LogP contribution < -0.4 is 15.8 Å². The second-order valence-electron chi connectivity index (χ2n) is 9.04. The van der Waals surface area contributed by atoms with E-state index in [2.05, 4.69) is 17.2 Å². The number of carboxylic acid groups (broad SMARTS) is 1. The number of hydrogen-bond donors (Lipinski definition) is 4. The van der Waals surface area contributed by atoms with Crippen LogP contribution in [0.25, 0.3) is 10.8 Å². The SMILES string of the molecule is COc1ccc(C#Cc2ccc3cc(C(=N)N)ccc3c2)cc1CC(NC(=O)O)C(C)(C)C. The largest absolute Gasteiger partial charge is 0.496 e. The lowest BCUT2D eigenvalue weighted by Crippen LogP contribution is -2.44. The number of nitrogen functional groups attached to an aromatic ring is 1. The van der Waals surface area contributed by atoms with Crippen molar-refractivity contribution in [2.45, 2.75) is 33.2 Å². The molecule has 1 unspecified atom stereocenters. The lowest BCUT2D eigenvalue weighted by atomic mass is 9.82. The van der Waals surface area contributed by atoms with E-state index in [4.69, 9.17) is 15.9 Å². The van der Waals surface area contributed by atoms with E-state index in [0.717, 1.165) is 27.5 Å². The van der Waals surface area contributed by atoms with Crippen LogP contribution in [-0.4, -0.2) is 30.2 Å². The highest BCUT2D eigenvalue weighted by Gasteiger charge is 2.27. The molecular weight excluding hydrogens is 414 g/mol. The number of hydrogen-bond acceptors (Lipinski definition) is 3. The number of fused-ring (bicyclic) bond motifs is 1. The third-order valence-corrected chi connectivity index (χ3v) is 5.55. The Kier molecular flexibility index (Phi) is 6.93. The topological polar surface area (TPSA) is 108 Å². The molecule has 5 N–H and O–H groups in total. The van der Waals surface area contributed by atoms with Crippen molar-refractivity contribution >= 4 is 22.7 Å². The van der Waals surface area contributed by atoms with Gasteiger partial charge in [0.25, 0.3) is 0 Å². The van der Waals surface area contributed by atoms with Gasteiger partial charge in [-0.25, -0.2) is 4.79 Å². The fourth-order valence-electron chi connectivity index (χ4n) is 3.59. The molecule has 170 valence electrons. The third-order valence-electron chi connectivity index (χ3n) is 5.55. The van der Waals surface area contributed by atoms with Crippen LogP contribution in [0.1, 0.15) is 43.0 Å². The molecule has 6 nitrogen and oxygen atoms in total. The summed E-state index contributed by atoms with van der Waals surface area (Å²) in [6, 6.07) is 17.0. The molecule has 3 rings (SSSR count). The zero-order valence-electron chi connectivity index (χ0n) is 19.3. The molecule has 6 heteroatoms. The summed E-state index contributed by atoms with van der Waals surface area (Å²) in [5, 5.41) is 21.5. The van der Waals surface area contributed by atoms with E-state index in [0.29, 0.717) is 17.7 Å². The van der Waals surface area contributed by atoms with E-state index >= 15 is 0 Å². The lowest BCUT2D eigenvalue weighted by Gasteiger charge is -2.31. The molecule has 0 aliphatic carbocycles. The molecule has 0 heterocycles. The lowest BCUT2D eigenvalue weighted by molar-refractivity contribution is 0.174. The zero-order valence-corrected chi connectivity index (χ0v) is 19.3. The van der Waals surface area contributed by atoms with E-state index in [-0.39, 0.29) is 17.3 Å². The summed E-state index contributed by atoms with van der Waals surface area (Å²) in [6.07, 6.45) is -0.556. The third kappa shape index (κ3) is 6.05. The van der Waals surface area contributed by atoms with E-state index in [1.165, 1.54) is 0 Å². The van der Waals surface area contributed by atoms with Gasteiger partial charge in [0.05, 0.1) is 7.11 Å². The van der Waals surface area contributed by atoms with Gasteiger partial charge >= 0.3 is 6.09 Å². The second kappa shape index (κ2) is 9.66. The minimum absolute atomic E-state index is 0.0448. The minimum Gasteiger partial charge on any atom is -0.496 e. The molecule has 1 atom stereocenters. The van der Waals surface area contributed by atoms with Crippen LogP contribution in [0.5, 0.6) is 5.75 Å². The smallest absolute Gasteiger partial charge is 0.404 e. The van der Waals surface area contributed by atoms with Crippen molar-refractivity contribution in [3.05, 3.63) is 76.9 Å². The quantitative estimate of drug-likeness (QED) is 0.259. The van der Waals surface area contributed by atoms with Gasteiger partial charge in [-0.2, -0.15) is 0 Å². The predicted octanol–water partition coefficient (Wildman–Crippen LogP) is 4.76. The van der Waals surface area contributed by atoms with Crippen molar-refractivity contribution in [1.29, 1.82) is 5.41 Å². The summed E-state index contributed by atoms with van der Waals surface area (Å²) in [5.74, 6) is 7.15. The number of nitrogens with one attached hydrogen (secondary N) is 2.